The minimum Gasteiger partial charge on any atom is -0.461 e. The van der Waals surface area contributed by atoms with Crippen molar-refractivity contribution in [2.75, 3.05) is 25.1 Å². The molecule has 0 aliphatic heterocycles. The monoisotopic (exact) mass is 298 g/mol. The summed E-state index contributed by atoms with van der Waals surface area (Å²) in [6.45, 7) is 5.43. The summed E-state index contributed by atoms with van der Waals surface area (Å²) in [7, 11) is 0. The van der Waals surface area contributed by atoms with Crippen LogP contribution in [0.25, 0.3) is 0 Å². The molecule has 0 aromatic carbocycles. The summed E-state index contributed by atoms with van der Waals surface area (Å²) in [5.74, 6) is -0.350. The lowest BCUT2D eigenvalue weighted by Crippen LogP contribution is -2.15. The molecule has 1 fully saturated rings. The maximum Gasteiger partial charge on any atom is 0.358 e. The van der Waals surface area contributed by atoms with Crippen LogP contribution in [0, 0.1) is 6.92 Å². The van der Waals surface area contributed by atoms with Gasteiger partial charge in [0.2, 0.25) is 0 Å². The summed E-state index contributed by atoms with van der Waals surface area (Å²) >= 11 is 1.47. The SMILES string of the molecule is CCOC(=O)c1nc(NCCOC2CCCC2)sc1C. The highest BCUT2D eigenvalue weighted by Gasteiger charge is 2.17. The van der Waals surface area contributed by atoms with Crippen LogP contribution in [0.3, 0.4) is 0 Å². The molecule has 1 aromatic heterocycles. The molecule has 0 bridgehead atoms. The third-order valence-corrected chi connectivity index (χ3v) is 4.23. The van der Waals surface area contributed by atoms with E-state index in [0.29, 0.717) is 31.6 Å². The predicted molar refractivity (Wildman–Crippen MR) is 79.5 cm³/mol. The van der Waals surface area contributed by atoms with E-state index in [1.165, 1.54) is 37.0 Å². The average Bonchev–Trinajstić information content (AvgIpc) is 3.04. The van der Waals surface area contributed by atoms with Crippen molar-refractivity contribution in [2.24, 2.45) is 0 Å². The Morgan fingerprint density at radius 3 is 2.90 bits per heavy atom. The molecule has 0 unspecified atom stereocenters. The molecule has 1 heterocycles. The first kappa shape index (κ1) is 15.3. The first-order valence-corrected chi connectivity index (χ1v) is 8.02. The smallest absolute Gasteiger partial charge is 0.358 e. The van der Waals surface area contributed by atoms with Gasteiger partial charge in [-0.05, 0) is 26.7 Å². The van der Waals surface area contributed by atoms with Gasteiger partial charge in [-0.15, -0.1) is 11.3 Å². The zero-order valence-corrected chi connectivity index (χ0v) is 12.9. The standard InChI is InChI=1S/C14H22N2O3S/c1-3-18-13(17)12-10(2)20-14(16-12)15-8-9-19-11-6-4-5-7-11/h11H,3-9H2,1-2H3,(H,15,16). The maximum absolute atomic E-state index is 11.7. The molecule has 6 heteroatoms. The van der Waals surface area contributed by atoms with E-state index in [-0.39, 0.29) is 5.97 Å². The zero-order valence-electron chi connectivity index (χ0n) is 12.1. The van der Waals surface area contributed by atoms with Gasteiger partial charge in [0, 0.05) is 11.4 Å². The highest BCUT2D eigenvalue weighted by molar-refractivity contribution is 7.15. The van der Waals surface area contributed by atoms with E-state index in [1.807, 2.05) is 6.92 Å². The Hall–Kier alpha value is -1.14. The average molecular weight is 298 g/mol. The predicted octanol–water partition coefficient (Wildman–Crippen LogP) is 3.00. The molecule has 0 spiro atoms. The molecule has 1 N–H and O–H groups in total. The Bertz CT molecular complexity index is 442. The second-order valence-corrected chi connectivity index (χ2v) is 6.05. The van der Waals surface area contributed by atoms with Crippen molar-refractivity contribution in [3.8, 4) is 0 Å². The number of hydrogen-bond donors (Lipinski definition) is 1. The first-order valence-electron chi connectivity index (χ1n) is 7.20. The van der Waals surface area contributed by atoms with Gasteiger partial charge in [-0.3, -0.25) is 0 Å². The number of carbonyl (C=O) groups excluding carboxylic acids is 1. The van der Waals surface area contributed by atoms with Crippen molar-refractivity contribution in [2.45, 2.75) is 45.6 Å². The van der Waals surface area contributed by atoms with E-state index in [4.69, 9.17) is 9.47 Å². The van der Waals surface area contributed by atoms with Crippen LogP contribution in [-0.2, 0) is 9.47 Å². The lowest BCUT2D eigenvalue weighted by molar-refractivity contribution is 0.0519. The van der Waals surface area contributed by atoms with E-state index in [0.717, 1.165) is 10.0 Å². The number of aryl methyl sites for hydroxylation is 1. The van der Waals surface area contributed by atoms with Gasteiger partial charge in [0.15, 0.2) is 10.8 Å². The van der Waals surface area contributed by atoms with E-state index in [1.54, 1.807) is 6.92 Å². The number of carbonyl (C=O) groups is 1. The van der Waals surface area contributed by atoms with E-state index < -0.39 is 0 Å². The van der Waals surface area contributed by atoms with Crippen molar-refractivity contribution in [1.29, 1.82) is 0 Å². The van der Waals surface area contributed by atoms with Crippen molar-refractivity contribution in [3.05, 3.63) is 10.6 Å². The number of esters is 1. The molecule has 0 saturated heterocycles. The molecule has 5 nitrogen and oxygen atoms in total. The summed E-state index contributed by atoms with van der Waals surface area (Å²) in [6, 6.07) is 0. The fraction of sp³-hybridized carbons (Fsp3) is 0.714. The van der Waals surface area contributed by atoms with Crippen molar-refractivity contribution in [3.63, 3.8) is 0 Å². The summed E-state index contributed by atoms with van der Waals surface area (Å²) in [4.78, 5) is 16.8. The van der Waals surface area contributed by atoms with Crippen molar-refractivity contribution < 1.29 is 14.3 Å². The molecule has 1 saturated carbocycles. The summed E-state index contributed by atoms with van der Waals surface area (Å²) in [5.41, 5.74) is 0.413. The molecule has 2 rings (SSSR count). The fourth-order valence-corrected chi connectivity index (χ4v) is 3.13. The second-order valence-electron chi connectivity index (χ2n) is 4.85. The summed E-state index contributed by atoms with van der Waals surface area (Å²) in [6.07, 6.45) is 5.37. The molecule has 1 aliphatic carbocycles. The number of rotatable bonds is 7. The van der Waals surface area contributed by atoms with Gasteiger partial charge < -0.3 is 14.8 Å². The van der Waals surface area contributed by atoms with Crippen LogP contribution >= 0.6 is 11.3 Å². The largest absolute Gasteiger partial charge is 0.461 e. The topological polar surface area (TPSA) is 60.5 Å². The van der Waals surface area contributed by atoms with Gasteiger partial charge in [0.05, 0.1) is 19.3 Å². The highest BCUT2D eigenvalue weighted by Crippen LogP contribution is 2.23. The number of anilines is 1. The van der Waals surface area contributed by atoms with Crippen LogP contribution in [0.15, 0.2) is 0 Å². The van der Waals surface area contributed by atoms with Crippen molar-refractivity contribution >= 4 is 22.4 Å². The van der Waals surface area contributed by atoms with Crippen LogP contribution in [0.1, 0.15) is 48.0 Å². The molecular weight excluding hydrogens is 276 g/mol. The van der Waals surface area contributed by atoms with Gasteiger partial charge >= 0.3 is 5.97 Å². The number of thiazole rings is 1. The fourth-order valence-electron chi connectivity index (χ4n) is 2.30. The highest BCUT2D eigenvalue weighted by atomic mass is 32.1. The molecule has 1 aliphatic rings. The normalized spacial score (nSPS) is 15.5. The number of nitrogens with one attached hydrogen (secondary N) is 1. The Kier molecular flexibility index (Phi) is 5.79. The zero-order chi connectivity index (χ0) is 14.4. The Morgan fingerprint density at radius 1 is 1.45 bits per heavy atom. The third-order valence-electron chi connectivity index (χ3n) is 3.30. The van der Waals surface area contributed by atoms with Gasteiger partial charge in [0.1, 0.15) is 0 Å². The van der Waals surface area contributed by atoms with Crippen LogP contribution in [0.2, 0.25) is 0 Å². The quantitative estimate of drug-likeness (QED) is 0.619. The molecule has 112 valence electrons. The van der Waals surface area contributed by atoms with E-state index >= 15 is 0 Å². The van der Waals surface area contributed by atoms with Crippen LogP contribution in [0.5, 0.6) is 0 Å². The number of nitrogens with zero attached hydrogens (tertiary/aromatic N) is 1. The Labute approximate surface area is 123 Å². The lowest BCUT2D eigenvalue weighted by Gasteiger charge is -2.10. The molecule has 0 radical (unpaired) electrons. The molecule has 0 atom stereocenters. The third kappa shape index (κ3) is 4.18. The summed E-state index contributed by atoms with van der Waals surface area (Å²) < 4.78 is 10.7. The molecule has 0 amide bonds. The first-order chi connectivity index (χ1) is 9.70. The lowest BCUT2D eigenvalue weighted by atomic mass is 10.3. The van der Waals surface area contributed by atoms with E-state index in [9.17, 15) is 4.79 Å². The number of hydrogen-bond acceptors (Lipinski definition) is 6. The molecule has 20 heavy (non-hydrogen) atoms. The second kappa shape index (κ2) is 7.59. The van der Waals surface area contributed by atoms with Crippen LogP contribution in [0.4, 0.5) is 5.13 Å². The van der Waals surface area contributed by atoms with Gasteiger partial charge in [-0.25, -0.2) is 9.78 Å². The maximum atomic E-state index is 11.7. The minimum absolute atomic E-state index is 0.350. The summed E-state index contributed by atoms with van der Waals surface area (Å²) in [5, 5.41) is 3.95. The number of ether oxygens (including phenoxy) is 2. The van der Waals surface area contributed by atoms with Crippen LogP contribution < -0.4 is 5.32 Å². The van der Waals surface area contributed by atoms with Gasteiger partial charge in [-0.1, -0.05) is 12.8 Å². The van der Waals surface area contributed by atoms with Crippen molar-refractivity contribution in [1.82, 2.24) is 4.98 Å². The Morgan fingerprint density at radius 2 is 2.20 bits per heavy atom. The number of aromatic nitrogens is 1. The van der Waals surface area contributed by atoms with Crippen LogP contribution in [-0.4, -0.2) is 36.8 Å². The Balaban J connectivity index is 1.75. The molecule has 1 aromatic rings. The van der Waals surface area contributed by atoms with Gasteiger partial charge in [0.25, 0.3) is 0 Å². The molecular formula is C14H22N2O3S. The minimum atomic E-state index is -0.350. The van der Waals surface area contributed by atoms with E-state index in [2.05, 4.69) is 10.3 Å². The van der Waals surface area contributed by atoms with Gasteiger partial charge in [-0.2, -0.15) is 0 Å².